The van der Waals surface area contributed by atoms with E-state index >= 15 is 0 Å². The van der Waals surface area contributed by atoms with Crippen LogP contribution >= 0.6 is 39.1 Å². The third kappa shape index (κ3) is 5.74. The molecule has 0 bridgehead atoms. The lowest BCUT2D eigenvalue weighted by atomic mass is 10.1. The number of hydrogen-bond donors (Lipinski definition) is 1. The number of urea groups is 1. The summed E-state index contributed by atoms with van der Waals surface area (Å²) in [6.45, 7) is 0.187. The van der Waals surface area contributed by atoms with Crippen LogP contribution in [0.5, 0.6) is 17.2 Å². The summed E-state index contributed by atoms with van der Waals surface area (Å²) >= 11 is 15.5. The van der Waals surface area contributed by atoms with Crippen LogP contribution in [0.2, 0.25) is 10.0 Å². The first-order valence-electron chi connectivity index (χ1n) is 10.7. The number of barbiturate groups is 1. The monoisotopic (exact) mass is 604 g/mol. The number of nitrogens with zero attached hydrogens (tertiary/aromatic N) is 1. The number of anilines is 1. The van der Waals surface area contributed by atoms with Crippen molar-refractivity contribution in [2.75, 3.05) is 19.1 Å². The second-order valence-electron chi connectivity index (χ2n) is 7.73. The number of halogens is 3. The van der Waals surface area contributed by atoms with Crippen LogP contribution in [0.3, 0.4) is 0 Å². The van der Waals surface area contributed by atoms with Gasteiger partial charge in [0.25, 0.3) is 11.8 Å². The van der Waals surface area contributed by atoms with Crippen LogP contribution < -0.4 is 24.4 Å². The van der Waals surface area contributed by atoms with Gasteiger partial charge in [0, 0.05) is 0 Å². The molecule has 4 amide bonds. The van der Waals surface area contributed by atoms with Crippen molar-refractivity contribution in [1.82, 2.24) is 5.32 Å². The van der Waals surface area contributed by atoms with Crippen molar-refractivity contribution in [2.24, 2.45) is 0 Å². The van der Waals surface area contributed by atoms with Gasteiger partial charge in [-0.1, -0.05) is 29.3 Å². The highest BCUT2D eigenvalue weighted by atomic mass is 79.9. The van der Waals surface area contributed by atoms with E-state index in [9.17, 15) is 14.4 Å². The van der Waals surface area contributed by atoms with Crippen molar-refractivity contribution in [3.63, 3.8) is 0 Å². The summed E-state index contributed by atoms with van der Waals surface area (Å²) < 4.78 is 17.0. The van der Waals surface area contributed by atoms with Crippen LogP contribution in [0.1, 0.15) is 11.1 Å². The van der Waals surface area contributed by atoms with Crippen LogP contribution in [0.25, 0.3) is 6.08 Å². The summed E-state index contributed by atoms with van der Waals surface area (Å²) in [4.78, 5) is 39.1. The SMILES string of the molecule is COc1ccc(N2C(=O)NC(=O)/C(=C\c3cc(Br)c(OCc4ccc(Cl)c(Cl)c4)c(OC)c3)C2=O)cc1. The second-order valence-corrected chi connectivity index (χ2v) is 9.40. The van der Waals surface area contributed by atoms with Gasteiger partial charge in [-0.3, -0.25) is 14.9 Å². The lowest BCUT2D eigenvalue weighted by Gasteiger charge is -2.26. The van der Waals surface area contributed by atoms with E-state index in [2.05, 4.69) is 21.2 Å². The van der Waals surface area contributed by atoms with Crippen molar-refractivity contribution < 1.29 is 28.6 Å². The molecule has 11 heteroatoms. The molecule has 0 aliphatic carbocycles. The lowest BCUT2D eigenvalue weighted by molar-refractivity contribution is -0.122. The van der Waals surface area contributed by atoms with E-state index in [1.54, 1.807) is 54.6 Å². The topological polar surface area (TPSA) is 94.2 Å². The fraction of sp³-hybridized carbons (Fsp3) is 0.115. The molecule has 0 spiro atoms. The van der Waals surface area contributed by atoms with Crippen LogP contribution in [0, 0.1) is 0 Å². The Balaban J connectivity index is 1.62. The number of nitrogens with one attached hydrogen (secondary N) is 1. The highest BCUT2D eigenvalue weighted by Crippen LogP contribution is 2.38. The van der Waals surface area contributed by atoms with Crippen LogP contribution in [-0.2, 0) is 16.2 Å². The minimum Gasteiger partial charge on any atom is -0.497 e. The number of methoxy groups -OCH3 is 2. The molecule has 1 aliphatic heterocycles. The Labute approximate surface area is 230 Å². The second kappa shape index (κ2) is 11.2. The van der Waals surface area contributed by atoms with Crippen LogP contribution in [-0.4, -0.2) is 32.1 Å². The molecule has 190 valence electrons. The van der Waals surface area contributed by atoms with E-state index in [-0.39, 0.29) is 17.9 Å². The van der Waals surface area contributed by atoms with Gasteiger partial charge in [0.1, 0.15) is 17.9 Å². The van der Waals surface area contributed by atoms with Gasteiger partial charge in [-0.25, -0.2) is 9.69 Å². The highest BCUT2D eigenvalue weighted by molar-refractivity contribution is 9.10. The lowest BCUT2D eigenvalue weighted by Crippen LogP contribution is -2.54. The molecule has 0 unspecified atom stereocenters. The highest BCUT2D eigenvalue weighted by Gasteiger charge is 2.37. The summed E-state index contributed by atoms with van der Waals surface area (Å²) in [5.74, 6) is -0.263. The molecule has 0 atom stereocenters. The molecule has 3 aromatic carbocycles. The van der Waals surface area contributed by atoms with E-state index in [1.807, 2.05) is 0 Å². The first kappa shape index (κ1) is 26.5. The smallest absolute Gasteiger partial charge is 0.335 e. The molecule has 8 nitrogen and oxygen atoms in total. The van der Waals surface area contributed by atoms with E-state index < -0.39 is 17.8 Å². The maximum atomic E-state index is 13.2. The summed E-state index contributed by atoms with van der Waals surface area (Å²) in [5, 5.41) is 3.05. The molecular weight excluding hydrogens is 587 g/mol. The Hall–Kier alpha value is -3.53. The third-order valence-electron chi connectivity index (χ3n) is 5.36. The predicted octanol–water partition coefficient (Wildman–Crippen LogP) is 6.02. The van der Waals surface area contributed by atoms with E-state index in [1.165, 1.54) is 20.3 Å². The maximum absolute atomic E-state index is 13.2. The zero-order valence-corrected chi connectivity index (χ0v) is 22.6. The van der Waals surface area contributed by atoms with Crippen LogP contribution in [0.4, 0.5) is 10.5 Å². The molecule has 0 aromatic heterocycles. The summed E-state index contributed by atoms with van der Waals surface area (Å²) in [5.41, 5.74) is 1.32. The Morgan fingerprint density at radius 1 is 0.946 bits per heavy atom. The van der Waals surface area contributed by atoms with Gasteiger partial charge >= 0.3 is 6.03 Å². The minimum absolute atomic E-state index is 0.187. The Kier molecular flexibility index (Phi) is 8.06. The van der Waals surface area contributed by atoms with Gasteiger partial charge in [-0.15, -0.1) is 0 Å². The summed E-state index contributed by atoms with van der Waals surface area (Å²) in [7, 11) is 2.97. The molecule has 3 aromatic rings. The zero-order chi connectivity index (χ0) is 26.7. The number of hydrogen-bond acceptors (Lipinski definition) is 6. The van der Waals surface area contributed by atoms with Crippen molar-refractivity contribution in [1.29, 1.82) is 0 Å². The van der Waals surface area contributed by atoms with Crippen molar-refractivity contribution in [2.45, 2.75) is 6.61 Å². The average molecular weight is 606 g/mol. The molecule has 1 aliphatic rings. The zero-order valence-electron chi connectivity index (χ0n) is 19.5. The number of benzene rings is 3. The fourth-order valence-electron chi connectivity index (χ4n) is 3.54. The molecule has 1 fully saturated rings. The Morgan fingerprint density at radius 3 is 2.32 bits per heavy atom. The maximum Gasteiger partial charge on any atom is 0.335 e. The average Bonchev–Trinajstić information content (AvgIpc) is 2.88. The standard InChI is InChI=1S/C26H19BrCl2N2O6/c1-35-17-6-4-16(5-7-17)31-25(33)18(24(32)30-26(31)34)9-15-10-19(27)23(22(12-15)36-2)37-13-14-3-8-20(28)21(29)11-14/h3-12H,13H2,1-2H3,(H,30,32,34)/b18-9+. The molecule has 1 saturated heterocycles. The molecular formula is C26H19BrCl2N2O6. The summed E-state index contributed by atoms with van der Waals surface area (Å²) in [6, 6.07) is 13.9. The van der Waals surface area contributed by atoms with Gasteiger partial charge in [0.05, 0.1) is 34.4 Å². The van der Waals surface area contributed by atoms with Gasteiger partial charge in [-0.05, 0) is 81.7 Å². The molecule has 4 rings (SSSR count). The van der Waals surface area contributed by atoms with Crippen LogP contribution in [0.15, 0.2) is 64.6 Å². The number of amides is 4. The Bertz CT molecular complexity index is 1430. The molecule has 0 radical (unpaired) electrons. The number of carbonyl (C=O) groups excluding carboxylic acids is 3. The molecule has 1 N–H and O–H groups in total. The van der Waals surface area contributed by atoms with E-state index in [0.29, 0.717) is 37.3 Å². The number of rotatable bonds is 7. The van der Waals surface area contributed by atoms with Gasteiger partial charge in [0.2, 0.25) is 0 Å². The normalized spacial score (nSPS) is 14.6. The third-order valence-corrected chi connectivity index (χ3v) is 6.69. The number of imide groups is 2. The largest absolute Gasteiger partial charge is 0.497 e. The Morgan fingerprint density at radius 2 is 1.68 bits per heavy atom. The van der Waals surface area contributed by atoms with Crippen molar-refractivity contribution in [3.05, 3.63) is 85.8 Å². The number of ether oxygens (including phenoxy) is 3. The molecule has 37 heavy (non-hydrogen) atoms. The first-order chi connectivity index (χ1) is 17.7. The first-order valence-corrected chi connectivity index (χ1v) is 12.3. The molecule has 1 heterocycles. The fourth-order valence-corrected chi connectivity index (χ4v) is 4.43. The van der Waals surface area contributed by atoms with Crippen molar-refractivity contribution >= 4 is 68.7 Å². The number of carbonyl (C=O) groups is 3. The van der Waals surface area contributed by atoms with Gasteiger partial charge in [0.15, 0.2) is 11.5 Å². The van der Waals surface area contributed by atoms with E-state index in [4.69, 9.17) is 37.4 Å². The quantitative estimate of drug-likeness (QED) is 0.261. The van der Waals surface area contributed by atoms with Crippen molar-refractivity contribution in [3.8, 4) is 17.2 Å². The minimum atomic E-state index is -0.845. The molecule has 0 saturated carbocycles. The summed E-state index contributed by atoms with van der Waals surface area (Å²) in [6.07, 6.45) is 1.37. The van der Waals surface area contributed by atoms with E-state index in [0.717, 1.165) is 10.5 Å². The van der Waals surface area contributed by atoms with Gasteiger partial charge in [-0.2, -0.15) is 0 Å². The van der Waals surface area contributed by atoms with Gasteiger partial charge < -0.3 is 14.2 Å². The predicted molar refractivity (Wildman–Crippen MR) is 143 cm³/mol.